The zero-order chi connectivity index (χ0) is 13.4. The van der Waals surface area contributed by atoms with Gasteiger partial charge in [-0.15, -0.1) is 0 Å². The predicted octanol–water partition coefficient (Wildman–Crippen LogP) is 4.38. The second-order valence-electron chi connectivity index (χ2n) is 5.43. The van der Waals surface area contributed by atoms with E-state index in [0.29, 0.717) is 0 Å². The van der Waals surface area contributed by atoms with Crippen molar-refractivity contribution in [2.75, 3.05) is 11.9 Å². The summed E-state index contributed by atoms with van der Waals surface area (Å²) in [5, 5.41) is 12.4. The van der Waals surface area contributed by atoms with Gasteiger partial charge in [0.1, 0.15) is 0 Å². The lowest BCUT2D eigenvalue weighted by Crippen LogP contribution is -2.09. The number of rotatable bonds is 7. The van der Waals surface area contributed by atoms with E-state index in [9.17, 15) is 0 Å². The van der Waals surface area contributed by atoms with Crippen molar-refractivity contribution >= 4 is 5.69 Å². The Hall–Kier alpha value is -1.49. The van der Waals surface area contributed by atoms with Gasteiger partial charge in [0, 0.05) is 12.2 Å². The Bertz CT molecular complexity index is 402. The number of nitrogens with one attached hydrogen (secondary N) is 1. The number of aryl methyl sites for hydroxylation is 1. The van der Waals surface area contributed by atoms with E-state index in [1.165, 1.54) is 11.3 Å². The minimum atomic E-state index is -0.178. The highest BCUT2D eigenvalue weighted by Gasteiger charge is 2.15. The van der Waals surface area contributed by atoms with Crippen molar-refractivity contribution in [3.8, 4) is 6.07 Å². The van der Waals surface area contributed by atoms with Crippen LogP contribution in [0.25, 0.3) is 0 Å². The van der Waals surface area contributed by atoms with E-state index in [4.69, 9.17) is 5.26 Å². The van der Waals surface area contributed by atoms with Crippen LogP contribution in [0.3, 0.4) is 0 Å². The third-order valence-corrected chi connectivity index (χ3v) is 3.20. The van der Waals surface area contributed by atoms with Crippen LogP contribution in [0.1, 0.15) is 45.6 Å². The molecule has 1 aromatic rings. The summed E-state index contributed by atoms with van der Waals surface area (Å²) in [6.07, 6.45) is 4.26. The first-order valence-electron chi connectivity index (χ1n) is 6.81. The maximum Gasteiger partial charge on any atom is 0.0683 e. The number of nitrogens with zero attached hydrogens (tertiary/aromatic N) is 1. The summed E-state index contributed by atoms with van der Waals surface area (Å²) in [5.74, 6) is 0. The molecule has 0 bridgehead atoms. The van der Waals surface area contributed by atoms with Crippen molar-refractivity contribution in [3.05, 3.63) is 29.8 Å². The number of hydrogen-bond donors (Lipinski definition) is 1. The van der Waals surface area contributed by atoms with Gasteiger partial charge in [0.2, 0.25) is 0 Å². The van der Waals surface area contributed by atoms with Crippen LogP contribution in [0.5, 0.6) is 0 Å². The first-order valence-corrected chi connectivity index (χ1v) is 6.81. The van der Waals surface area contributed by atoms with E-state index < -0.39 is 0 Å². The van der Waals surface area contributed by atoms with E-state index in [1.807, 2.05) is 13.8 Å². The average molecular weight is 244 g/mol. The first-order chi connectivity index (χ1) is 8.57. The van der Waals surface area contributed by atoms with Gasteiger partial charge in [-0.05, 0) is 50.8 Å². The summed E-state index contributed by atoms with van der Waals surface area (Å²) < 4.78 is 0. The molecule has 0 saturated carbocycles. The lowest BCUT2D eigenvalue weighted by molar-refractivity contribution is 0.430. The third-order valence-electron chi connectivity index (χ3n) is 3.20. The van der Waals surface area contributed by atoms with Gasteiger partial charge in [0.05, 0.1) is 11.5 Å². The summed E-state index contributed by atoms with van der Waals surface area (Å²) in [7, 11) is 0. The summed E-state index contributed by atoms with van der Waals surface area (Å²) >= 11 is 0. The molecule has 0 atom stereocenters. The molecule has 98 valence electrons. The van der Waals surface area contributed by atoms with Crippen LogP contribution in [-0.4, -0.2) is 6.54 Å². The van der Waals surface area contributed by atoms with E-state index in [2.05, 4.69) is 42.6 Å². The van der Waals surface area contributed by atoms with Gasteiger partial charge in [-0.1, -0.05) is 25.5 Å². The monoisotopic (exact) mass is 244 g/mol. The number of nitriles is 1. The minimum absolute atomic E-state index is 0.178. The van der Waals surface area contributed by atoms with Crippen LogP contribution in [0.2, 0.25) is 0 Å². The van der Waals surface area contributed by atoms with E-state index in [1.54, 1.807) is 0 Å². The lowest BCUT2D eigenvalue weighted by Gasteiger charge is -2.14. The Balaban J connectivity index is 2.24. The van der Waals surface area contributed by atoms with E-state index in [-0.39, 0.29) is 5.41 Å². The third kappa shape index (κ3) is 5.23. The second-order valence-corrected chi connectivity index (χ2v) is 5.43. The zero-order valence-corrected chi connectivity index (χ0v) is 11.8. The molecule has 0 saturated heterocycles. The predicted molar refractivity (Wildman–Crippen MR) is 77.6 cm³/mol. The van der Waals surface area contributed by atoms with Crippen LogP contribution >= 0.6 is 0 Å². The molecule has 0 aromatic heterocycles. The van der Waals surface area contributed by atoms with E-state index in [0.717, 1.165) is 32.2 Å². The maximum atomic E-state index is 8.92. The van der Waals surface area contributed by atoms with Gasteiger partial charge in [0.25, 0.3) is 0 Å². The first kappa shape index (κ1) is 14.6. The van der Waals surface area contributed by atoms with Crippen molar-refractivity contribution in [2.24, 2.45) is 5.41 Å². The largest absolute Gasteiger partial charge is 0.385 e. The molecule has 0 fully saturated rings. The van der Waals surface area contributed by atoms with Crippen LogP contribution in [-0.2, 0) is 6.42 Å². The highest BCUT2D eigenvalue weighted by atomic mass is 14.9. The maximum absolute atomic E-state index is 8.92. The number of benzene rings is 1. The number of hydrogen-bond acceptors (Lipinski definition) is 2. The molecule has 1 aromatic carbocycles. The zero-order valence-electron chi connectivity index (χ0n) is 11.8. The van der Waals surface area contributed by atoms with Gasteiger partial charge in [-0.25, -0.2) is 0 Å². The van der Waals surface area contributed by atoms with Crippen molar-refractivity contribution < 1.29 is 0 Å². The fourth-order valence-corrected chi connectivity index (χ4v) is 1.88. The molecular weight excluding hydrogens is 220 g/mol. The van der Waals surface area contributed by atoms with Crippen LogP contribution in [0.4, 0.5) is 5.69 Å². The normalized spacial score (nSPS) is 11.0. The molecule has 0 unspecified atom stereocenters. The SMILES string of the molecule is CCc1cccc(NCCCCC(C)(C)C#N)c1. The fourth-order valence-electron chi connectivity index (χ4n) is 1.88. The number of unbranched alkanes of at least 4 members (excludes halogenated alkanes) is 1. The van der Waals surface area contributed by atoms with Crippen molar-refractivity contribution in [1.82, 2.24) is 0 Å². The van der Waals surface area contributed by atoms with Gasteiger partial charge in [-0.2, -0.15) is 5.26 Å². The minimum Gasteiger partial charge on any atom is -0.385 e. The summed E-state index contributed by atoms with van der Waals surface area (Å²) in [6, 6.07) is 10.9. The molecule has 0 spiro atoms. The highest BCUT2D eigenvalue weighted by molar-refractivity contribution is 5.45. The second kappa shape index (κ2) is 7.06. The Morgan fingerprint density at radius 3 is 2.72 bits per heavy atom. The molecule has 2 nitrogen and oxygen atoms in total. The molecule has 0 aliphatic heterocycles. The molecular formula is C16H24N2. The van der Waals surface area contributed by atoms with Gasteiger partial charge in [0.15, 0.2) is 0 Å². The topological polar surface area (TPSA) is 35.8 Å². The molecule has 2 heteroatoms. The molecule has 1 N–H and O–H groups in total. The van der Waals surface area contributed by atoms with Gasteiger partial charge >= 0.3 is 0 Å². The van der Waals surface area contributed by atoms with Gasteiger partial charge < -0.3 is 5.32 Å². The summed E-state index contributed by atoms with van der Waals surface area (Å²) in [5.41, 5.74) is 2.39. The lowest BCUT2D eigenvalue weighted by atomic mass is 9.89. The Labute approximate surface area is 111 Å². The highest BCUT2D eigenvalue weighted by Crippen LogP contribution is 2.21. The van der Waals surface area contributed by atoms with Crippen LogP contribution < -0.4 is 5.32 Å². The quantitative estimate of drug-likeness (QED) is 0.722. The van der Waals surface area contributed by atoms with Crippen molar-refractivity contribution in [2.45, 2.75) is 46.5 Å². The molecule has 0 aliphatic rings. The Kier molecular flexibility index (Phi) is 5.71. The fraction of sp³-hybridized carbons (Fsp3) is 0.562. The molecule has 0 heterocycles. The van der Waals surface area contributed by atoms with E-state index >= 15 is 0 Å². The summed E-state index contributed by atoms with van der Waals surface area (Å²) in [4.78, 5) is 0. The Morgan fingerprint density at radius 1 is 1.28 bits per heavy atom. The molecule has 0 amide bonds. The van der Waals surface area contributed by atoms with Crippen LogP contribution in [0.15, 0.2) is 24.3 Å². The van der Waals surface area contributed by atoms with Crippen molar-refractivity contribution in [3.63, 3.8) is 0 Å². The molecule has 18 heavy (non-hydrogen) atoms. The smallest absolute Gasteiger partial charge is 0.0683 e. The molecule has 0 aliphatic carbocycles. The molecule has 1 rings (SSSR count). The van der Waals surface area contributed by atoms with Gasteiger partial charge in [-0.3, -0.25) is 0 Å². The summed E-state index contributed by atoms with van der Waals surface area (Å²) in [6.45, 7) is 7.16. The van der Waals surface area contributed by atoms with Crippen molar-refractivity contribution in [1.29, 1.82) is 5.26 Å². The van der Waals surface area contributed by atoms with Crippen LogP contribution in [0, 0.1) is 16.7 Å². The standard InChI is InChI=1S/C16H24N2/c1-4-14-8-7-9-15(12-14)18-11-6-5-10-16(2,3)13-17/h7-9,12,18H,4-6,10-11H2,1-3H3. The number of anilines is 1. The average Bonchev–Trinajstić information content (AvgIpc) is 2.38. The molecule has 0 radical (unpaired) electrons. The Morgan fingerprint density at radius 2 is 2.06 bits per heavy atom.